The minimum atomic E-state index is 0.805. The predicted octanol–water partition coefficient (Wildman–Crippen LogP) is 3.12. The molecule has 0 aromatic rings. The Hall–Kier alpha value is -0.300. The van der Waals surface area contributed by atoms with Crippen LogP contribution in [0.1, 0.15) is 45.4 Å². The van der Waals surface area contributed by atoms with Gasteiger partial charge in [-0.2, -0.15) is 0 Å². The number of allylic oxidation sites excluding steroid dienone is 1. The smallest absolute Gasteiger partial charge is 0.00954 e. The molecule has 2 unspecified atom stereocenters. The van der Waals surface area contributed by atoms with E-state index in [0.29, 0.717) is 0 Å². The van der Waals surface area contributed by atoms with E-state index in [2.05, 4.69) is 24.9 Å². The third-order valence-corrected chi connectivity index (χ3v) is 3.06. The molecular weight excluding hydrogens is 158 g/mol. The van der Waals surface area contributed by atoms with E-state index in [0.717, 1.165) is 12.0 Å². The largest absolute Gasteiger partial charge is 0.314 e. The average molecular weight is 181 g/mol. The van der Waals surface area contributed by atoms with Gasteiger partial charge in [0.05, 0.1) is 0 Å². The van der Waals surface area contributed by atoms with Gasteiger partial charge in [-0.15, -0.1) is 6.58 Å². The molecule has 1 heteroatoms. The van der Waals surface area contributed by atoms with Crippen LogP contribution in [-0.4, -0.2) is 12.6 Å². The summed E-state index contributed by atoms with van der Waals surface area (Å²) < 4.78 is 0. The lowest BCUT2D eigenvalue weighted by Gasteiger charge is -2.20. The van der Waals surface area contributed by atoms with Crippen LogP contribution in [0.2, 0.25) is 0 Å². The normalized spacial score (nSPS) is 27.8. The molecule has 0 aromatic heterocycles. The topological polar surface area (TPSA) is 12.0 Å². The average Bonchev–Trinajstić information content (AvgIpc) is 2.59. The van der Waals surface area contributed by atoms with Crippen molar-refractivity contribution in [3.63, 3.8) is 0 Å². The Labute approximate surface area is 82.6 Å². The van der Waals surface area contributed by atoms with Gasteiger partial charge in [-0.1, -0.05) is 19.4 Å². The second-order valence-corrected chi connectivity index (χ2v) is 4.12. The second-order valence-electron chi connectivity index (χ2n) is 4.12. The van der Waals surface area contributed by atoms with Crippen LogP contribution in [0.4, 0.5) is 0 Å². The molecule has 1 saturated carbocycles. The second kappa shape index (κ2) is 6.20. The number of hydrogen-bond acceptors (Lipinski definition) is 1. The minimum Gasteiger partial charge on any atom is -0.314 e. The summed E-state index contributed by atoms with van der Waals surface area (Å²) in [5, 5.41) is 3.66. The fourth-order valence-electron chi connectivity index (χ4n) is 2.31. The number of nitrogens with one attached hydrogen (secondary N) is 1. The van der Waals surface area contributed by atoms with E-state index in [1.54, 1.807) is 0 Å². The first-order valence-corrected chi connectivity index (χ1v) is 5.72. The van der Waals surface area contributed by atoms with Gasteiger partial charge in [0.2, 0.25) is 0 Å². The first-order valence-electron chi connectivity index (χ1n) is 5.72. The predicted molar refractivity (Wildman–Crippen MR) is 58.9 cm³/mol. The highest BCUT2D eigenvalue weighted by molar-refractivity contribution is 4.84. The lowest BCUT2D eigenvalue weighted by molar-refractivity contribution is 0.382. The van der Waals surface area contributed by atoms with Gasteiger partial charge in [-0.3, -0.25) is 0 Å². The van der Waals surface area contributed by atoms with Crippen molar-refractivity contribution in [3.05, 3.63) is 12.7 Å². The van der Waals surface area contributed by atoms with Gasteiger partial charge >= 0.3 is 0 Å². The Morgan fingerprint density at radius 2 is 2.31 bits per heavy atom. The molecule has 2 atom stereocenters. The van der Waals surface area contributed by atoms with Crippen LogP contribution in [0.15, 0.2) is 12.7 Å². The summed E-state index contributed by atoms with van der Waals surface area (Å²) in [5.74, 6) is 0.921. The zero-order valence-electron chi connectivity index (χ0n) is 8.89. The molecule has 13 heavy (non-hydrogen) atoms. The van der Waals surface area contributed by atoms with Gasteiger partial charge in [-0.05, 0) is 44.6 Å². The quantitative estimate of drug-likeness (QED) is 0.621. The van der Waals surface area contributed by atoms with Crippen molar-refractivity contribution < 1.29 is 0 Å². The third-order valence-electron chi connectivity index (χ3n) is 3.06. The van der Waals surface area contributed by atoms with Crippen molar-refractivity contribution in [2.24, 2.45) is 5.92 Å². The summed E-state index contributed by atoms with van der Waals surface area (Å²) in [6, 6.07) is 0.805. The van der Waals surface area contributed by atoms with Crippen LogP contribution in [0.25, 0.3) is 0 Å². The summed E-state index contributed by atoms with van der Waals surface area (Å²) >= 11 is 0. The van der Waals surface area contributed by atoms with Crippen LogP contribution in [0, 0.1) is 5.92 Å². The summed E-state index contributed by atoms with van der Waals surface area (Å²) in [4.78, 5) is 0. The highest BCUT2D eigenvalue weighted by Crippen LogP contribution is 2.29. The highest BCUT2D eigenvalue weighted by Gasteiger charge is 2.25. The van der Waals surface area contributed by atoms with E-state index in [4.69, 9.17) is 0 Å². The maximum Gasteiger partial charge on any atom is 0.00954 e. The van der Waals surface area contributed by atoms with Gasteiger partial charge in [0, 0.05) is 6.04 Å². The molecule has 1 fully saturated rings. The molecule has 0 heterocycles. The van der Waals surface area contributed by atoms with Gasteiger partial charge in [-0.25, -0.2) is 0 Å². The van der Waals surface area contributed by atoms with Crippen molar-refractivity contribution in [2.45, 2.75) is 51.5 Å². The summed E-state index contributed by atoms with van der Waals surface area (Å²) in [7, 11) is 0. The molecule has 1 aliphatic rings. The van der Waals surface area contributed by atoms with Gasteiger partial charge in [0.25, 0.3) is 0 Å². The zero-order chi connectivity index (χ0) is 9.52. The minimum absolute atomic E-state index is 0.805. The molecule has 1 nitrogen and oxygen atoms in total. The molecule has 0 amide bonds. The van der Waals surface area contributed by atoms with Crippen molar-refractivity contribution in [2.75, 3.05) is 6.54 Å². The first kappa shape index (κ1) is 10.8. The Bertz CT molecular complexity index is 142. The standard InChI is InChI=1S/C12H23N/c1-3-5-7-11-8-6-9-12(11)13-10-4-2/h3,11-13H,1,4-10H2,2H3. The molecule has 0 radical (unpaired) electrons. The van der Waals surface area contributed by atoms with E-state index in [1.165, 1.54) is 45.1 Å². The van der Waals surface area contributed by atoms with E-state index in [9.17, 15) is 0 Å². The van der Waals surface area contributed by atoms with E-state index in [1.807, 2.05) is 0 Å². The maximum atomic E-state index is 3.79. The van der Waals surface area contributed by atoms with Crippen molar-refractivity contribution in [1.82, 2.24) is 5.32 Å². The molecule has 1 rings (SSSR count). The van der Waals surface area contributed by atoms with E-state index >= 15 is 0 Å². The van der Waals surface area contributed by atoms with Crippen molar-refractivity contribution in [1.29, 1.82) is 0 Å². The summed E-state index contributed by atoms with van der Waals surface area (Å²) in [6.07, 6.45) is 10.1. The van der Waals surface area contributed by atoms with E-state index in [-0.39, 0.29) is 0 Å². The Kier molecular flexibility index (Phi) is 5.14. The molecule has 76 valence electrons. The monoisotopic (exact) mass is 181 g/mol. The number of rotatable bonds is 6. The molecule has 1 N–H and O–H groups in total. The van der Waals surface area contributed by atoms with Gasteiger partial charge in [0.1, 0.15) is 0 Å². The third kappa shape index (κ3) is 3.51. The SMILES string of the molecule is C=CCCC1CCCC1NCCC. The van der Waals surface area contributed by atoms with Crippen LogP contribution in [-0.2, 0) is 0 Å². The van der Waals surface area contributed by atoms with Crippen LogP contribution in [0.3, 0.4) is 0 Å². The molecule has 0 aliphatic heterocycles. The van der Waals surface area contributed by atoms with Crippen LogP contribution < -0.4 is 5.32 Å². The van der Waals surface area contributed by atoms with Crippen molar-refractivity contribution >= 4 is 0 Å². The molecular formula is C12H23N. The lowest BCUT2D eigenvalue weighted by Crippen LogP contribution is -2.32. The van der Waals surface area contributed by atoms with Crippen molar-refractivity contribution in [3.8, 4) is 0 Å². The lowest BCUT2D eigenvalue weighted by atomic mass is 9.97. The zero-order valence-corrected chi connectivity index (χ0v) is 8.89. The Morgan fingerprint density at radius 1 is 1.46 bits per heavy atom. The molecule has 0 aromatic carbocycles. The Balaban J connectivity index is 2.21. The summed E-state index contributed by atoms with van der Waals surface area (Å²) in [5.41, 5.74) is 0. The van der Waals surface area contributed by atoms with Gasteiger partial charge in [0.15, 0.2) is 0 Å². The molecule has 0 saturated heterocycles. The van der Waals surface area contributed by atoms with Gasteiger partial charge < -0.3 is 5.32 Å². The van der Waals surface area contributed by atoms with Crippen LogP contribution in [0.5, 0.6) is 0 Å². The molecule has 0 bridgehead atoms. The summed E-state index contributed by atoms with van der Waals surface area (Å²) in [6.45, 7) is 7.21. The highest BCUT2D eigenvalue weighted by atomic mass is 14.9. The fourth-order valence-corrected chi connectivity index (χ4v) is 2.31. The Morgan fingerprint density at radius 3 is 3.00 bits per heavy atom. The van der Waals surface area contributed by atoms with E-state index < -0.39 is 0 Å². The molecule has 0 spiro atoms. The fraction of sp³-hybridized carbons (Fsp3) is 0.833. The molecule has 1 aliphatic carbocycles. The number of hydrogen-bond donors (Lipinski definition) is 1. The first-order chi connectivity index (χ1) is 6.38. The van der Waals surface area contributed by atoms with Crippen LogP contribution >= 0.6 is 0 Å². The maximum absolute atomic E-state index is 3.79.